The van der Waals surface area contributed by atoms with Crippen LogP contribution in [0.5, 0.6) is 0 Å². The van der Waals surface area contributed by atoms with E-state index in [4.69, 9.17) is 14.5 Å². The second-order valence-corrected chi connectivity index (χ2v) is 9.28. The van der Waals surface area contributed by atoms with Gasteiger partial charge in [-0.25, -0.2) is 9.78 Å². The van der Waals surface area contributed by atoms with Crippen LogP contribution in [0, 0.1) is 6.92 Å². The third-order valence-corrected chi connectivity index (χ3v) is 6.09. The van der Waals surface area contributed by atoms with Gasteiger partial charge in [-0.15, -0.1) is 0 Å². The zero-order valence-electron chi connectivity index (χ0n) is 21.8. The van der Waals surface area contributed by atoms with Crippen LogP contribution in [0.3, 0.4) is 0 Å². The average Bonchev–Trinajstić information content (AvgIpc) is 2.88. The van der Waals surface area contributed by atoms with Gasteiger partial charge in [-0.05, 0) is 44.9 Å². The van der Waals surface area contributed by atoms with E-state index in [-0.39, 0.29) is 35.0 Å². The van der Waals surface area contributed by atoms with E-state index in [1.165, 1.54) is 10.5 Å². The van der Waals surface area contributed by atoms with Gasteiger partial charge in [0.15, 0.2) is 5.49 Å². The summed E-state index contributed by atoms with van der Waals surface area (Å²) in [5.41, 5.74) is 1.37. The normalized spacial score (nSPS) is 12.5. The highest BCUT2D eigenvalue weighted by Crippen LogP contribution is 2.15. The highest BCUT2D eigenvalue weighted by Gasteiger charge is 2.20. The first-order valence-electron chi connectivity index (χ1n) is 12.3. The number of ether oxygens (including phenoxy) is 2. The highest BCUT2D eigenvalue weighted by atomic mass is 79.9. The maximum Gasteiger partial charge on any atom is 0.341 e. The molecule has 3 rings (SSSR count). The number of hydrogen-bond donors (Lipinski definition) is 0. The highest BCUT2D eigenvalue weighted by molar-refractivity contribution is 9.11. The van der Waals surface area contributed by atoms with Crippen molar-refractivity contribution in [3.05, 3.63) is 86.7 Å². The van der Waals surface area contributed by atoms with Crippen LogP contribution in [-0.4, -0.2) is 45.6 Å². The molecule has 3 aromatic heterocycles. The Hall–Kier alpha value is -3.63. The number of pyridine rings is 2. The molecule has 0 radical (unpaired) electrons. The number of carbonyl (C=O) groups excluding carboxylic acids is 2. The van der Waals surface area contributed by atoms with Crippen LogP contribution in [0.25, 0.3) is 16.7 Å². The molecule has 0 unspecified atom stereocenters. The number of halogens is 1. The van der Waals surface area contributed by atoms with E-state index in [1.54, 1.807) is 48.1 Å². The second-order valence-electron chi connectivity index (χ2n) is 8.26. The number of aromatic nitrogens is 3. The first kappa shape index (κ1) is 28.9. The number of hydrogen-bond acceptors (Lipinski definition) is 6. The van der Waals surface area contributed by atoms with E-state index < -0.39 is 11.9 Å². The molecular weight excluding hydrogens is 552 g/mol. The molecule has 38 heavy (non-hydrogen) atoms. The molecule has 10 heteroatoms. The Morgan fingerprint density at radius 2 is 2.00 bits per heavy atom. The maximum absolute atomic E-state index is 13.5. The quantitative estimate of drug-likeness (QED) is 0.144. The van der Waals surface area contributed by atoms with Gasteiger partial charge in [0.25, 0.3) is 11.5 Å². The first-order valence-corrected chi connectivity index (χ1v) is 13.1. The van der Waals surface area contributed by atoms with Crippen LogP contribution in [0.15, 0.2) is 69.5 Å². The van der Waals surface area contributed by atoms with Crippen molar-refractivity contribution < 1.29 is 19.1 Å². The minimum absolute atomic E-state index is 0.0160. The van der Waals surface area contributed by atoms with Crippen LogP contribution < -0.4 is 11.0 Å². The van der Waals surface area contributed by atoms with Crippen molar-refractivity contribution in [1.29, 1.82) is 0 Å². The van der Waals surface area contributed by atoms with Crippen molar-refractivity contribution in [1.82, 2.24) is 14.0 Å². The molecule has 0 saturated carbocycles. The predicted octanol–water partition coefficient (Wildman–Crippen LogP) is 4.40. The van der Waals surface area contributed by atoms with Gasteiger partial charge in [0, 0.05) is 30.4 Å². The number of esters is 1. The zero-order chi connectivity index (χ0) is 27.7. The summed E-state index contributed by atoms with van der Waals surface area (Å²) in [6, 6.07) is 5.04. The Labute approximate surface area is 229 Å². The second kappa shape index (κ2) is 13.8. The topological polar surface area (TPSA) is 104 Å². The molecule has 0 aliphatic carbocycles. The number of allylic oxidation sites excluding steroid dienone is 4. The van der Waals surface area contributed by atoms with Crippen molar-refractivity contribution in [3.63, 3.8) is 0 Å². The van der Waals surface area contributed by atoms with Crippen LogP contribution in [-0.2, 0) is 20.8 Å². The van der Waals surface area contributed by atoms with Gasteiger partial charge in [-0.3, -0.25) is 14.0 Å². The summed E-state index contributed by atoms with van der Waals surface area (Å²) in [5.74, 6) is -1.17. The average molecular weight is 583 g/mol. The molecule has 0 aliphatic heterocycles. The van der Waals surface area contributed by atoms with E-state index in [1.807, 2.05) is 19.9 Å². The van der Waals surface area contributed by atoms with E-state index in [0.717, 1.165) is 5.56 Å². The molecule has 0 atom stereocenters. The molecule has 0 aromatic carbocycles. The van der Waals surface area contributed by atoms with Crippen molar-refractivity contribution >= 4 is 44.5 Å². The molecule has 3 aromatic rings. The molecule has 1 amide bonds. The summed E-state index contributed by atoms with van der Waals surface area (Å²) in [4.78, 5) is 48.7. The minimum atomic E-state index is -0.684. The van der Waals surface area contributed by atoms with Crippen molar-refractivity contribution in [3.8, 4) is 0 Å². The lowest BCUT2D eigenvalue weighted by atomic mass is 10.2. The summed E-state index contributed by atoms with van der Waals surface area (Å²) >= 11 is 3.38. The van der Waals surface area contributed by atoms with Gasteiger partial charge in [0.1, 0.15) is 16.9 Å². The minimum Gasteiger partial charge on any atom is -0.462 e. The summed E-state index contributed by atoms with van der Waals surface area (Å²) in [7, 11) is 0. The van der Waals surface area contributed by atoms with Crippen molar-refractivity contribution in [2.45, 2.75) is 40.2 Å². The van der Waals surface area contributed by atoms with Gasteiger partial charge in [-0.2, -0.15) is 4.99 Å². The number of nitrogens with zero attached hydrogens (tertiary/aromatic N) is 4. The maximum atomic E-state index is 13.5. The fourth-order valence-electron chi connectivity index (χ4n) is 3.85. The summed E-state index contributed by atoms with van der Waals surface area (Å²) in [6.45, 7) is 10.5. The summed E-state index contributed by atoms with van der Waals surface area (Å²) in [6.07, 6.45) is 8.95. The Balaban J connectivity index is 2.34. The number of fused-ring (bicyclic) bond motifs is 2. The molecule has 200 valence electrons. The van der Waals surface area contributed by atoms with Crippen molar-refractivity contribution in [2.24, 2.45) is 4.99 Å². The van der Waals surface area contributed by atoms with Gasteiger partial charge < -0.3 is 14.0 Å². The fraction of sp³-hybridized carbons (Fsp3) is 0.321. The van der Waals surface area contributed by atoms with Gasteiger partial charge in [0.05, 0.1) is 18.4 Å². The number of amides is 1. The molecule has 9 nitrogen and oxygen atoms in total. The van der Waals surface area contributed by atoms with Crippen LogP contribution in [0.2, 0.25) is 0 Å². The van der Waals surface area contributed by atoms with Gasteiger partial charge >= 0.3 is 5.97 Å². The van der Waals surface area contributed by atoms with Crippen LogP contribution in [0.4, 0.5) is 0 Å². The van der Waals surface area contributed by atoms with E-state index in [9.17, 15) is 14.4 Å². The van der Waals surface area contributed by atoms with E-state index >= 15 is 0 Å². The molecule has 3 heterocycles. The molecule has 0 saturated heterocycles. The Morgan fingerprint density at radius 1 is 1.21 bits per heavy atom. The molecule has 0 bridgehead atoms. The largest absolute Gasteiger partial charge is 0.462 e. The van der Waals surface area contributed by atoms with E-state index in [0.29, 0.717) is 42.0 Å². The Bertz CT molecular complexity index is 1550. The zero-order valence-corrected chi connectivity index (χ0v) is 23.4. The molecule has 0 aliphatic rings. The summed E-state index contributed by atoms with van der Waals surface area (Å²) in [5, 5.41) is 0.217. The lowest BCUT2D eigenvalue weighted by molar-refractivity contribution is -0.117. The number of aryl methyl sites for hydroxylation is 2. The smallest absolute Gasteiger partial charge is 0.341 e. The molecule has 0 N–H and O–H groups in total. The predicted molar refractivity (Wildman–Crippen MR) is 150 cm³/mol. The summed E-state index contributed by atoms with van der Waals surface area (Å²) < 4.78 is 14.5. The SMILES string of the molecule is C=C/C=C/C=C(\Br)CC(=O)N=c1c(C(=O)OCC)cc2c(=O)n3cccc(C)c3nc2n1CCCOCC. The Kier molecular flexibility index (Phi) is 10.5. The third-order valence-electron chi connectivity index (χ3n) is 5.55. The third kappa shape index (κ3) is 6.81. The van der Waals surface area contributed by atoms with Crippen molar-refractivity contribution in [2.75, 3.05) is 19.8 Å². The van der Waals surface area contributed by atoms with Gasteiger partial charge in [0.2, 0.25) is 0 Å². The lowest BCUT2D eigenvalue weighted by Gasteiger charge is -2.15. The number of carbonyl (C=O) groups is 2. The Morgan fingerprint density at radius 3 is 2.71 bits per heavy atom. The van der Waals surface area contributed by atoms with E-state index in [2.05, 4.69) is 27.5 Å². The molecule has 0 fully saturated rings. The standard InChI is InChI=1S/C28H31BrN4O5/c1-5-8-9-13-20(29)17-23(34)30-26-22(28(36)38-7-3)18-21-25(32(26)15-11-16-37-6-2)31-24-19(4)12-10-14-33(24)27(21)35/h5,8-10,12-14,18H,1,6-7,11,15-17H2,2-4H3/b9-8+,20-13-,30-26?. The fourth-order valence-corrected chi connectivity index (χ4v) is 4.24. The lowest BCUT2D eigenvalue weighted by Crippen LogP contribution is -2.33. The molecular formula is C28H31BrN4O5. The van der Waals surface area contributed by atoms with Gasteiger partial charge in [-0.1, -0.05) is 52.9 Å². The van der Waals surface area contributed by atoms with Crippen LogP contribution in [0.1, 0.15) is 42.6 Å². The molecule has 0 spiro atoms. The monoisotopic (exact) mass is 582 g/mol. The van der Waals surface area contributed by atoms with Crippen LogP contribution >= 0.6 is 15.9 Å². The first-order chi connectivity index (χ1) is 18.3. The number of rotatable bonds is 11.